The minimum atomic E-state index is -0.473. The molecule has 0 spiro atoms. The lowest BCUT2D eigenvalue weighted by molar-refractivity contribution is -0.117. The minimum Gasteiger partial charge on any atom is -0.325 e. The van der Waals surface area contributed by atoms with Gasteiger partial charge in [0.25, 0.3) is 0 Å². The van der Waals surface area contributed by atoms with E-state index in [1.807, 2.05) is 6.92 Å². The molecule has 1 atom stereocenters. The van der Waals surface area contributed by atoms with E-state index in [-0.39, 0.29) is 5.91 Å². The molecule has 0 aliphatic heterocycles. The number of nitrogens with two attached hydrogens (primary N) is 1. The van der Waals surface area contributed by atoms with Crippen LogP contribution < -0.4 is 11.1 Å². The fraction of sp³-hybridized carbons (Fsp3) is 0.300. The summed E-state index contributed by atoms with van der Waals surface area (Å²) in [6.45, 7) is 1.86. The van der Waals surface area contributed by atoms with E-state index in [4.69, 9.17) is 17.3 Å². The highest BCUT2D eigenvalue weighted by Crippen LogP contribution is 2.25. The smallest absolute Gasteiger partial charge is 0.241 e. The molecule has 1 rings (SSSR count). The number of hydrogen-bond acceptors (Lipinski definition) is 2. The van der Waals surface area contributed by atoms with Gasteiger partial charge in [0, 0.05) is 10.2 Å². The normalized spacial score (nSPS) is 12.3. The molecule has 0 fully saturated rings. The third-order valence-corrected chi connectivity index (χ3v) is 3.18. The Kier molecular flexibility index (Phi) is 4.57. The van der Waals surface area contributed by atoms with Gasteiger partial charge in [-0.25, -0.2) is 0 Å². The third kappa shape index (κ3) is 3.48. The molecule has 0 aromatic heterocycles. The van der Waals surface area contributed by atoms with Crippen molar-refractivity contribution in [1.82, 2.24) is 0 Å². The minimum absolute atomic E-state index is 0.188. The Bertz CT molecular complexity index is 370. The topological polar surface area (TPSA) is 55.1 Å². The number of carbonyl (C=O) groups excluding carboxylic acids is 1. The quantitative estimate of drug-likeness (QED) is 0.900. The van der Waals surface area contributed by atoms with Crippen LogP contribution in [0.2, 0.25) is 5.02 Å². The predicted molar refractivity (Wildman–Crippen MR) is 66.0 cm³/mol. The summed E-state index contributed by atoms with van der Waals surface area (Å²) in [4.78, 5) is 11.5. The number of anilines is 1. The SMILES string of the molecule is CCC(N)C(=O)Nc1ccc(Cl)c(Br)c1. The maximum absolute atomic E-state index is 11.5. The van der Waals surface area contributed by atoms with Crippen LogP contribution in [0.5, 0.6) is 0 Å². The zero-order chi connectivity index (χ0) is 11.4. The van der Waals surface area contributed by atoms with Crippen molar-refractivity contribution in [3.8, 4) is 0 Å². The lowest BCUT2D eigenvalue weighted by Gasteiger charge is -2.10. The molecule has 15 heavy (non-hydrogen) atoms. The first-order chi connectivity index (χ1) is 7.04. The van der Waals surface area contributed by atoms with Crippen LogP contribution >= 0.6 is 27.5 Å². The third-order valence-electron chi connectivity index (χ3n) is 1.96. The van der Waals surface area contributed by atoms with Crippen LogP contribution in [0.1, 0.15) is 13.3 Å². The van der Waals surface area contributed by atoms with Crippen molar-refractivity contribution in [2.24, 2.45) is 5.73 Å². The van der Waals surface area contributed by atoms with E-state index in [9.17, 15) is 4.79 Å². The fourth-order valence-electron chi connectivity index (χ4n) is 0.994. The van der Waals surface area contributed by atoms with E-state index < -0.39 is 6.04 Å². The molecule has 0 aliphatic carbocycles. The van der Waals surface area contributed by atoms with E-state index in [1.165, 1.54) is 0 Å². The Morgan fingerprint density at radius 1 is 1.67 bits per heavy atom. The predicted octanol–water partition coefficient (Wildman–Crippen LogP) is 2.78. The van der Waals surface area contributed by atoms with E-state index in [0.717, 1.165) is 4.47 Å². The van der Waals surface area contributed by atoms with Gasteiger partial charge in [-0.3, -0.25) is 4.79 Å². The van der Waals surface area contributed by atoms with Crippen LogP contribution in [0.3, 0.4) is 0 Å². The Labute approximate surface area is 102 Å². The van der Waals surface area contributed by atoms with Gasteiger partial charge in [-0.2, -0.15) is 0 Å². The molecule has 1 unspecified atom stereocenters. The van der Waals surface area contributed by atoms with Gasteiger partial charge in [0.15, 0.2) is 0 Å². The number of nitrogens with one attached hydrogen (secondary N) is 1. The van der Waals surface area contributed by atoms with Crippen molar-refractivity contribution in [2.75, 3.05) is 5.32 Å². The number of rotatable bonds is 3. The fourth-order valence-corrected chi connectivity index (χ4v) is 1.49. The van der Waals surface area contributed by atoms with Crippen LogP contribution in [0.15, 0.2) is 22.7 Å². The summed E-state index contributed by atoms with van der Waals surface area (Å²) in [7, 11) is 0. The second-order valence-corrected chi connectivity index (χ2v) is 4.39. The molecular weight excluding hydrogens is 279 g/mol. The summed E-state index contributed by atoms with van der Waals surface area (Å²) in [5.74, 6) is -0.188. The van der Waals surface area contributed by atoms with Gasteiger partial charge in [-0.05, 0) is 40.5 Å². The average molecular weight is 292 g/mol. The van der Waals surface area contributed by atoms with Crippen molar-refractivity contribution in [3.63, 3.8) is 0 Å². The van der Waals surface area contributed by atoms with Crippen LogP contribution in [0.4, 0.5) is 5.69 Å². The lowest BCUT2D eigenvalue weighted by Crippen LogP contribution is -2.34. The first-order valence-corrected chi connectivity index (χ1v) is 5.73. The first kappa shape index (κ1) is 12.5. The number of benzene rings is 1. The Morgan fingerprint density at radius 2 is 2.33 bits per heavy atom. The molecule has 1 aromatic carbocycles. The van der Waals surface area contributed by atoms with Crippen molar-refractivity contribution in [2.45, 2.75) is 19.4 Å². The maximum Gasteiger partial charge on any atom is 0.241 e. The number of hydrogen-bond donors (Lipinski definition) is 2. The highest BCUT2D eigenvalue weighted by Gasteiger charge is 2.11. The Morgan fingerprint density at radius 3 is 2.87 bits per heavy atom. The molecule has 0 bridgehead atoms. The second kappa shape index (κ2) is 5.49. The van der Waals surface area contributed by atoms with E-state index in [0.29, 0.717) is 17.1 Å². The monoisotopic (exact) mass is 290 g/mol. The standard InChI is InChI=1S/C10H12BrClN2O/c1-2-9(13)10(15)14-6-3-4-8(12)7(11)5-6/h3-5,9H,2,13H2,1H3,(H,14,15). The van der Waals surface area contributed by atoms with E-state index in [2.05, 4.69) is 21.2 Å². The zero-order valence-electron chi connectivity index (χ0n) is 8.26. The number of halogens is 2. The molecule has 0 heterocycles. The molecular formula is C10H12BrClN2O. The summed E-state index contributed by atoms with van der Waals surface area (Å²) >= 11 is 9.10. The van der Waals surface area contributed by atoms with Gasteiger partial charge < -0.3 is 11.1 Å². The summed E-state index contributed by atoms with van der Waals surface area (Å²) < 4.78 is 0.743. The average Bonchev–Trinajstić information content (AvgIpc) is 2.22. The molecule has 82 valence electrons. The summed E-state index contributed by atoms with van der Waals surface area (Å²) in [6, 6.07) is 4.70. The van der Waals surface area contributed by atoms with E-state index in [1.54, 1.807) is 18.2 Å². The van der Waals surface area contributed by atoms with Crippen molar-refractivity contribution >= 4 is 39.1 Å². The molecule has 0 saturated heterocycles. The maximum atomic E-state index is 11.5. The lowest BCUT2D eigenvalue weighted by atomic mass is 10.2. The molecule has 3 nitrogen and oxygen atoms in total. The summed E-state index contributed by atoms with van der Waals surface area (Å²) in [5.41, 5.74) is 6.26. The van der Waals surface area contributed by atoms with Gasteiger partial charge in [-0.1, -0.05) is 18.5 Å². The number of amides is 1. The highest BCUT2D eigenvalue weighted by molar-refractivity contribution is 9.10. The van der Waals surface area contributed by atoms with Gasteiger partial charge in [0.1, 0.15) is 0 Å². The largest absolute Gasteiger partial charge is 0.325 e. The molecule has 0 aliphatic rings. The van der Waals surface area contributed by atoms with Crippen molar-refractivity contribution < 1.29 is 4.79 Å². The van der Waals surface area contributed by atoms with Gasteiger partial charge in [0.05, 0.1) is 11.1 Å². The molecule has 0 saturated carbocycles. The molecule has 1 amide bonds. The second-order valence-electron chi connectivity index (χ2n) is 3.13. The van der Waals surface area contributed by atoms with Crippen LogP contribution in [-0.4, -0.2) is 11.9 Å². The van der Waals surface area contributed by atoms with Crippen LogP contribution in [0.25, 0.3) is 0 Å². The molecule has 1 aromatic rings. The van der Waals surface area contributed by atoms with Gasteiger partial charge in [0.2, 0.25) is 5.91 Å². The van der Waals surface area contributed by atoms with Crippen LogP contribution in [-0.2, 0) is 4.79 Å². The molecule has 0 radical (unpaired) electrons. The van der Waals surface area contributed by atoms with Gasteiger partial charge >= 0.3 is 0 Å². The van der Waals surface area contributed by atoms with Crippen molar-refractivity contribution in [3.05, 3.63) is 27.7 Å². The molecule has 5 heteroatoms. The first-order valence-electron chi connectivity index (χ1n) is 4.56. The molecule has 3 N–H and O–H groups in total. The Hall–Kier alpha value is -0.580. The van der Waals surface area contributed by atoms with Crippen LogP contribution in [0, 0.1) is 0 Å². The number of carbonyl (C=O) groups is 1. The highest BCUT2D eigenvalue weighted by atomic mass is 79.9. The Balaban J connectivity index is 2.73. The summed E-state index contributed by atoms with van der Waals surface area (Å²) in [6.07, 6.45) is 0.612. The zero-order valence-corrected chi connectivity index (χ0v) is 10.6. The summed E-state index contributed by atoms with van der Waals surface area (Å²) in [5, 5.41) is 3.31. The van der Waals surface area contributed by atoms with Crippen molar-refractivity contribution in [1.29, 1.82) is 0 Å². The van der Waals surface area contributed by atoms with Gasteiger partial charge in [-0.15, -0.1) is 0 Å². The van der Waals surface area contributed by atoms with E-state index >= 15 is 0 Å².